The van der Waals surface area contributed by atoms with Crippen LogP contribution in [-0.4, -0.2) is 64.4 Å². The van der Waals surface area contributed by atoms with E-state index >= 15 is 0 Å². The average molecular weight is 548 g/mol. The van der Waals surface area contributed by atoms with Crippen LogP contribution >= 0.6 is 11.6 Å². The molecule has 0 aliphatic carbocycles. The first kappa shape index (κ1) is 27.8. The number of carbonyl (C=O) groups excluding carboxylic acids is 3. The summed E-state index contributed by atoms with van der Waals surface area (Å²) >= 11 is 5.90. The first-order valence-electron chi connectivity index (χ1n) is 12.7. The second kappa shape index (κ2) is 14.1. The highest BCUT2D eigenvalue weighted by molar-refractivity contribution is 6.30. The number of ether oxygens (including phenoxy) is 1. The van der Waals surface area contributed by atoms with Gasteiger partial charge in [-0.1, -0.05) is 29.8 Å². The number of benzene rings is 1. The number of carbonyl (C=O) groups is 3. The van der Waals surface area contributed by atoms with Crippen LogP contribution in [0.5, 0.6) is 5.75 Å². The lowest BCUT2D eigenvalue weighted by Gasteiger charge is -2.32. The van der Waals surface area contributed by atoms with Crippen LogP contribution < -0.4 is 15.4 Å². The number of amides is 3. The molecule has 3 heterocycles. The van der Waals surface area contributed by atoms with Crippen LogP contribution in [0.4, 0.5) is 0 Å². The third-order valence-electron chi connectivity index (χ3n) is 6.23. The number of hydrogen-bond donors (Lipinski definition) is 2. The van der Waals surface area contributed by atoms with Crippen molar-refractivity contribution in [1.82, 2.24) is 25.5 Å². The van der Waals surface area contributed by atoms with Crippen molar-refractivity contribution in [2.45, 2.75) is 31.4 Å². The van der Waals surface area contributed by atoms with E-state index < -0.39 is 17.9 Å². The van der Waals surface area contributed by atoms with Gasteiger partial charge in [0.15, 0.2) is 0 Å². The number of hydrogen-bond acceptors (Lipinski definition) is 6. The van der Waals surface area contributed by atoms with Crippen molar-refractivity contribution in [1.29, 1.82) is 0 Å². The summed E-state index contributed by atoms with van der Waals surface area (Å²) in [5, 5.41) is 6.01. The maximum atomic E-state index is 13.0. The van der Waals surface area contributed by atoms with Crippen LogP contribution in [-0.2, 0) is 20.8 Å². The molecule has 3 aromatic rings. The van der Waals surface area contributed by atoms with Crippen molar-refractivity contribution < 1.29 is 19.1 Å². The Morgan fingerprint density at radius 1 is 1.03 bits per heavy atom. The monoisotopic (exact) mass is 547 g/mol. The molecule has 9 nitrogen and oxygen atoms in total. The number of halogens is 1. The zero-order valence-electron chi connectivity index (χ0n) is 21.3. The van der Waals surface area contributed by atoms with Crippen molar-refractivity contribution >= 4 is 35.4 Å². The molecule has 1 saturated heterocycles. The number of piperidine rings is 1. The van der Waals surface area contributed by atoms with Gasteiger partial charge in [-0.3, -0.25) is 24.4 Å². The summed E-state index contributed by atoms with van der Waals surface area (Å²) < 4.78 is 5.95. The Balaban J connectivity index is 1.29. The maximum Gasteiger partial charge on any atom is 0.244 e. The number of rotatable bonds is 10. The molecule has 1 aliphatic heterocycles. The molecule has 0 radical (unpaired) electrons. The second-order valence-electron chi connectivity index (χ2n) is 9.07. The highest BCUT2D eigenvalue weighted by atomic mass is 35.5. The van der Waals surface area contributed by atoms with E-state index in [-0.39, 0.29) is 25.0 Å². The standard InChI is InChI=1S/C29H30ClN5O4/c30-22-7-4-21(5-8-22)6-9-27(36)34-26(19-23-3-1-2-14-32-23)29(38)33-20-28(37)35-17-12-25(13-18-35)39-24-10-15-31-16-11-24/h1-11,14-16,25-26H,12-13,17-20H2,(H,33,38)(H,34,36)/b9-6+/t26-/m0/s1. The molecular formula is C29H30ClN5O4. The SMILES string of the molecule is O=C(/C=C/c1ccc(Cl)cc1)N[C@@H](Cc1ccccn1)C(=O)NCC(=O)N1CCC(Oc2ccncc2)CC1. The van der Waals surface area contributed by atoms with Crippen LogP contribution in [0.2, 0.25) is 5.02 Å². The van der Waals surface area contributed by atoms with Gasteiger partial charge in [-0.05, 0) is 48.0 Å². The van der Waals surface area contributed by atoms with E-state index in [0.717, 1.165) is 11.3 Å². The average Bonchev–Trinajstić information content (AvgIpc) is 2.96. The zero-order chi connectivity index (χ0) is 27.5. The van der Waals surface area contributed by atoms with Crippen molar-refractivity contribution in [2.24, 2.45) is 0 Å². The fourth-order valence-electron chi connectivity index (χ4n) is 4.13. The van der Waals surface area contributed by atoms with Gasteiger partial charge < -0.3 is 20.3 Å². The summed E-state index contributed by atoms with van der Waals surface area (Å²) in [6.45, 7) is 0.909. The quantitative estimate of drug-likeness (QED) is 0.377. The van der Waals surface area contributed by atoms with Gasteiger partial charge in [0.1, 0.15) is 17.9 Å². The van der Waals surface area contributed by atoms with Crippen molar-refractivity contribution in [3.8, 4) is 5.75 Å². The van der Waals surface area contributed by atoms with Gasteiger partial charge in [0, 0.05) is 67.7 Å². The Morgan fingerprint density at radius 2 is 1.77 bits per heavy atom. The van der Waals surface area contributed by atoms with E-state index in [1.54, 1.807) is 78.1 Å². The van der Waals surface area contributed by atoms with Gasteiger partial charge >= 0.3 is 0 Å². The lowest BCUT2D eigenvalue weighted by atomic mass is 10.1. The van der Waals surface area contributed by atoms with Gasteiger partial charge in [0.25, 0.3) is 0 Å². The summed E-state index contributed by atoms with van der Waals surface area (Å²) in [6.07, 6.45) is 9.55. The van der Waals surface area contributed by atoms with E-state index in [2.05, 4.69) is 20.6 Å². The third kappa shape index (κ3) is 8.93. The molecule has 4 rings (SSSR count). The smallest absolute Gasteiger partial charge is 0.244 e. The number of nitrogens with zero attached hydrogens (tertiary/aromatic N) is 3. The van der Waals surface area contributed by atoms with Crippen molar-refractivity contribution in [2.75, 3.05) is 19.6 Å². The molecule has 0 saturated carbocycles. The summed E-state index contributed by atoms with van der Waals surface area (Å²) in [4.78, 5) is 48.4. The largest absolute Gasteiger partial charge is 0.490 e. The Morgan fingerprint density at radius 3 is 2.46 bits per heavy atom. The zero-order valence-corrected chi connectivity index (χ0v) is 22.1. The molecule has 3 amide bonds. The first-order valence-corrected chi connectivity index (χ1v) is 13.1. The minimum absolute atomic E-state index is 0.0185. The predicted octanol–water partition coefficient (Wildman–Crippen LogP) is 3.06. The van der Waals surface area contributed by atoms with Crippen LogP contribution in [0.1, 0.15) is 24.1 Å². The highest BCUT2D eigenvalue weighted by Crippen LogP contribution is 2.18. The second-order valence-corrected chi connectivity index (χ2v) is 9.51. The molecule has 39 heavy (non-hydrogen) atoms. The summed E-state index contributed by atoms with van der Waals surface area (Å²) in [7, 11) is 0. The molecule has 1 atom stereocenters. The van der Waals surface area contributed by atoms with Crippen molar-refractivity contribution in [3.63, 3.8) is 0 Å². The molecule has 0 bridgehead atoms. The van der Waals surface area contributed by atoms with E-state index in [9.17, 15) is 14.4 Å². The van der Waals surface area contributed by atoms with Crippen LogP contribution in [0.15, 0.2) is 79.3 Å². The van der Waals surface area contributed by atoms with Gasteiger partial charge in [-0.2, -0.15) is 0 Å². The van der Waals surface area contributed by atoms with Crippen LogP contribution in [0.25, 0.3) is 6.08 Å². The van der Waals surface area contributed by atoms with E-state index in [0.29, 0.717) is 36.6 Å². The van der Waals surface area contributed by atoms with Crippen LogP contribution in [0.3, 0.4) is 0 Å². The minimum Gasteiger partial charge on any atom is -0.490 e. The summed E-state index contributed by atoms with van der Waals surface area (Å²) in [5.74, 6) is -0.330. The molecule has 1 fully saturated rings. The topological polar surface area (TPSA) is 114 Å². The fraction of sp³-hybridized carbons (Fsp3) is 0.276. The minimum atomic E-state index is -0.908. The predicted molar refractivity (Wildman–Crippen MR) is 148 cm³/mol. The van der Waals surface area contributed by atoms with Gasteiger partial charge in [-0.15, -0.1) is 0 Å². The lowest BCUT2D eigenvalue weighted by molar-refractivity contribution is -0.135. The van der Waals surface area contributed by atoms with E-state index in [1.807, 2.05) is 6.07 Å². The van der Waals surface area contributed by atoms with E-state index in [4.69, 9.17) is 16.3 Å². The highest BCUT2D eigenvalue weighted by Gasteiger charge is 2.26. The number of likely N-dealkylation sites (tertiary alicyclic amines) is 1. The Kier molecular flexibility index (Phi) is 10.0. The molecule has 10 heteroatoms. The molecule has 1 aromatic carbocycles. The Labute approximate surface area is 232 Å². The molecule has 2 N–H and O–H groups in total. The molecule has 0 unspecified atom stereocenters. The molecule has 202 valence electrons. The normalized spacial score (nSPS) is 14.5. The fourth-order valence-corrected chi connectivity index (χ4v) is 4.26. The molecule has 2 aromatic heterocycles. The van der Waals surface area contributed by atoms with Crippen molar-refractivity contribution in [3.05, 3.63) is 95.5 Å². The number of pyridine rings is 2. The van der Waals surface area contributed by atoms with Gasteiger partial charge in [0.2, 0.25) is 17.7 Å². The van der Waals surface area contributed by atoms with Gasteiger partial charge in [0.05, 0.1) is 6.54 Å². The maximum absolute atomic E-state index is 13.0. The lowest BCUT2D eigenvalue weighted by Crippen LogP contribution is -2.51. The summed E-state index contributed by atoms with van der Waals surface area (Å²) in [5.41, 5.74) is 1.43. The summed E-state index contributed by atoms with van der Waals surface area (Å²) in [6, 6.07) is 15.1. The Bertz CT molecular complexity index is 1260. The Hall–Kier alpha value is -4.24. The molecule has 0 spiro atoms. The number of nitrogens with one attached hydrogen (secondary N) is 2. The first-order chi connectivity index (χ1) is 19.0. The molecular weight excluding hydrogens is 518 g/mol. The third-order valence-corrected chi connectivity index (χ3v) is 6.48. The number of aromatic nitrogens is 2. The molecule has 1 aliphatic rings. The van der Waals surface area contributed by atoms with E-state index in [1.165, 1.54) is 6.08 Å². The van der Waals surface area contributed by atoms with Crippen LogP contribution in [0, 0.1) is 0 Å². The van der Waals surface area contributed by atoms with Gasteiger partial charge in [-0.25, -0.2) is 0 Å².